The molecule has 0 saturated heterocycles. The van der Waals surface area contributed by atoms with Crippen LogP contribution in [0.3, 0.4) is 0 Å². The Hall–Kier alpha value is -2.84. The summed E-state index contributed by atoms with van der Waals surface area (Å²) in [5.74, 6) is -0.708. The van der Waals surface area contributed by atoms with Crippen LogP contribution in [0.1, 0.15) is 76.3 Å². The first kappa shape index (κ1) is 42.3. The number of aromatic hydroxyl groups is 1. The first-order valence-corrected chi connectivity index (χ1v) is 18.8. The zero-order chi connectivity index (χ0) is 35.2. The van der Waals surface area contributed by atoms with Gasteiger partial charge in [-0.3, -0.25) is 4.55 Å². The first-order chi connectivity index (χ1) is 22.9. The van der Waals surface area contributed by atoms with Gasteiger partial charge in [0.05, 0.1) is 4.90 Å². The monoisotopic (exact) mass is 738 g/mol. The third-order valence-corrected chi connectivity index (χ3v) is 9.16. The van der Waals surface area contributed by atoms with Crippen molar-refractivity contribution in [2.75, 3.05) is 0 Å². The molecule has 0 saturated carbocycles. The normalized spacial score (nSPS) is 11.2. The van der Waals surface area contributed by atoms with E-state index in [1.54, 1.807) is 66.7 Å². The standard InChI is InChI=1S/2C18H22O5S.Ca/c2*1-2-3-4-6-9-14-12-13-16(19)18(24(20,21)22)17(14)23-15-10-7-5-8-11-15;/h2*5,7-8,10-13,19H,2-4,6,9H2,1H3,(H,20,21,22);/q;;+2/p-2. The molecule has 2 N–H and O–H groups in total. The Kier molecular flexibility index (Phi) is 17.9. The summed E-state index contributed by atoms with van der Waals surface area (Å²) in [4.78, 5) is -1.39. The van der Waals surface area contributed by atoms with E-state index in [1.165, 1.54) is 6.07 Å². The molecule has 10 nitrogen and oxygen atoms in total. The van der Waals surface area contributed by atoms with E-state index in [0.29, 0.717) is 35.5 Å². The van der Waals surface area contributed by atoms with Gasteiger partial charge in [-0.2, -0.15) is 8.42 Å². The zero-order valence-corrected chi connectivity index (χ0v) is 31.7. The Morgan fingerprint density at radius 1 is 0.612 bits per heavy atom. The van der Waals surface area contributed by atoms with Crippen molar-refractivity contribution in [3.8, 4) is 34.5 Å². The molecule has 4 rings (SSSR count). The van der Waals surface area contributed by atoms with Crippen LogP contribution in [0.25, 0.3) is 0 Å². The van der Waals surface area contributed by atoms with Gasteiger partial charge in [0, 0.05) is 0 Å². The summed E-state index contributed by atoms with van der Waals surface area (Å²) in [6.45, 7) is 4.21. The second-order valence-corrected chi connectivity index (χ2v) is 13.8. The summed E-state index contributed by atoms with van der Waals surface area (Å²) >= 11 is 0. The summed E-state index contributed by atoms with van der Waals surface area (Å²) in [5, 5.41) is 21.9. The van der Waals surface area contributed by atoms with E-state index in [2.05, 4.69) is 13.8 Å². The number of rotatable bonds is 16. The van der Waals surface area contributed by atoms with Gasteiger partial charge in [0.25, 0.3) is 0 Å². The van der Waals surface area contributed by atoms with Crippen LogP contribution in [0.2, 0.25) is 0 Å². The molecule has 0 unspecified atom stereocenters. The number of hydrogen-bond donors (Lipinski definition) is 2. The van der Waals surface area contributed by atoms with E-state index in [0.717, 1.165) is 57.4 Å². The van der Waals surface area contributed by atoms with Crippen LogP contribution < -0.4 is 14.6 Å². The Labute approximate surface area is 319 Å². The zero-order valence-electron chi connectivity index (χ0n) is 27.8. The van der Waals surface area contributed by atoms with Crippen molar-refractivity contribution < 1.29 is 45.6 Å². The number of phenols is 1. The Morgan fingerprint density at radius 2 is 1.04 bits per heavy atom. The average Bonchev–Trinajstić information content (AvgIpc) is 3.03. The smallest absolute Gasteiger partial charge is 0.872 e. The predicted molar refractivity (Wildman–Crippen MR) is 186 cm³/mol. The summed E-state index contributed by atoms with van der Waals surface area (Å²) in [6.07, 6.45) is 9.19. The molecule has 49 heavy (non-hydrogen) atoms. The van der Waals surface area contributed by atoms with Gasteiger partial charge in [0.2, 0.25) is 0 Å². The fourth-order valence-corrected chi connectivity index (χ4v) is 6.43. The number of hydrogen-bond acceptors (Lipinski definition) is 9. The molecule has 0 aromatic heterocycles. The minimum Gasteiger partial charge on any atom is -0.872 e. The van der Waals surface area contributed by atoms with Crippen molar-refractivity contribution >= 4 is 58.0 Å². The van der Waals surface area contributed by atoms with Crippen molar-refractivity contribution in [2.24, 2.45) is 0 Å². The van der Waals surface area contributed by atoms with Gasteiger partial charge >= 0.3 is 47.9 Å². The molecule has 0 radical (unpaired) electrons. The minimum atomic E-state index is -4.93. The maximum atomic E-state index is 11.9. The number of benzene rings is 4. The van der Waals surface area contributed by atoms with E-state index < -0.39 is 41.5 Å². The first-order valence-electron chi connectivity index (χ1n) is 15.9. The van der Waals surface area contributed by atoms with E-state index >= 15 is 0 Å². The number of para-hydroxylation sites is 2. The second-order valence-electron chi connectivity index (χ2n) is 11.2. The van der Waals surface area contributed by atoms with Gasteiger partial charge in [-0.1, -0.05) is 113 Å². The molecule has 0 spiro atoms. The molecule has 4 aromatic carbocycles. The van der Waals surface area contributed by atoms with Gasteiger partial charge in [-0.05, 0) is 67.1 Å². The van der Waals surface area contributed by atoms with Gasteiger partial charge in [-0.15, -0.1) is 0 Å². The molecule has 0 heterocycles. The van der Waals surface area contributed by atoms with Crippen molar-refractivity contribution in [3.05, 3.63) is 96.1 Å². The Morgan fingerprint density at radius 3 is 1.45 bits per heavy atom. The topological polar surface area (TPSA) is 173 Å². The van der Waals surface area contributed by atoms with Crippen molar-refractivity contribution in [2.45, 2.75) is 87.8 Å². The quantitative estimate of drug-likeness (QED) is 0.0657. The number of aryl methyl sites for hydroxylation is 2. The van der Waals surface area contributed by atoms with Gasteiger partial charge in [-0.25, -0.2) is 8.42 Å². The Bertz CT molecular complexity index is 1680. The van der Waals surface area contributed by atoms with Crippen LogP contribution in [0.4, 0.5) is 0 Å². The SMILES string of the molecule is CCCCCCc1ccc(O)c(S(=O)(=O)O)c1Oc1ccccc1.CCCCCCc1ccc([O-])c(S(=O)(=O)[O-])c1Oc1ccccc1.[Ca+2]. The molecule has 13 heteroatoms. The minimum absolute atomic E-state index is 0. The predicted octanol–water partition coefficient (Wildman–Crippen LogP) is 7.75. The molecule has 0 amide bonds. The second kappa shape index (κ2) is 20.7. The molecule has 0 bridgehead atoms. The largest absolute Gasteiger partial charge is 2.00 e. The molecular formula is C36H42CaO10S2. The number of ether oxygens (including phenoxy) is 2. The van der Waals surface area contributed by atoms with Crippen LogP contribution >= 0.6 is 0 Å². The van der Waals surface area contributed by atoms with Crippen LogP contribution in [-0.4, -0.2) is 68.8 Å². The van der Waals surface area contributed by atoms with Crippen LogP contribution in [0.15, 0.2) is 94.7 Å². The van der Waals surface area contributed by atoms with Crippen LogP contribution in [0, 0.1) is 0 Å². The van der Waals surface area contributed by atoms with Gasteiger partial charge in [0.15, 0.2) is 10.6 Å². The summed E-state index contributed by atoms with van der Waals surface area (Å²) in [7, 11) is -9.55. The summed E-state index contributed by atoms with van der Waals surface area (Å²) < 4.78 is 78.9. The molecule has 0 aliphatic carbocycles. The Balaban J connectivity index is 0.000000333. The molecule has 0 fully saturated rings. The fraction of sp³-hybridized carbons (Fsp3) is 0.333. The number of unbranched alkanes of at least 4 members (excludes halogenated alkanes) is 6. The van der Waals surface area contributed by atoms with Crippen molar-refractivity contribution in [1.29, 1.82) is 0 Å². The van der Waals surface area contributed by atoms with E-state index in [-0.39, 0.29) is 49.2 Å². The third kappa shape index (κ3) is 13.4. The molecule has 0 atom stereocenters. The van der Waals surface area contributed by atoms with E-state index in [1.807, 2.05) is 6.07 Å². The summed E-state index contributed by atoms with van der Waals surface area (Å²) in [5.41, 5.74) is 1.20. The molecule has 0 aliphatic heterocycles. The average molecular weight is 739 g/mol. The maximum absolute atomic E-state index is 11.9. The molecular weight excluding hydrogens is 697 g/mol. The van der Waals surface area contributed by atoms with Crippen LogP contribution in [-0.2, 0) is 33.1 Å². The van der Waals surface area contributed by atoms with Crippen LogP contribution in [0.5, 0.6) is 34.5 Å². The number of phenolic OH excluding ortho intramolecular Hbond substituents is 1. The molecule has 4 aromatic rings. The molecule has 0 aliphatic rings. The third-order valence-electron chi connectivity index (χ3n) is 7.36. The van der Waals surface area contributed by atoms with E-state index in [4.69, 9.17) is 9.47 Å². The summed E-state index contributed by atoms with van der Waals surface area (Å²) in [6, 6.07) is 22.8. The molecule has 260 valence electrons. The van der Waals surface area contributed by atoms with Crippen molar-refractivity contribution in [1.82, 2.24) is 0 Å². The van der Waals surface area contributed by atoms with Crippen molar-refractivity contribution in [3.63, 3.8) is 0 Å². The maximum Gasteiger partial charge on any atom is 2.00 e. The van der Waals surface area contributed by atoms with E-state index in [9.17, 15) is 36.2 Å². The van der Waals surface area contributed by atoms with Gasteiger partial charge < -0.3 is 24.2 Å². The van der Waals surface area contributed by atoms with Gasteiger partial charge in [0.1, 0.15) is 33.1 Å². The fourth-order valence-electron chi connectivity index (χ4n) is 4.98.